The van der Waals surface area contributed by atoms with Crippen molar-refractivity contribution < 1.29 is 14.3 Å². The highest BCUT2D eigenvalue weighted by atomic mass is 16.6. The van der Waals surface area contributed by atoms with Crippen LogP contribution in [0.1, 0.15) is 60.3 Å². The minimum Gasteiger partial charge on any atom is -0.460 e. The smallest absolute Gasteiger partial charge is 0.306 e. The van der Waals surface area contributed by atoms with Crippen molar-refractivity contribution in [3.05, 3.63) is 0 Å². The summed E-state index contributed by atoms with van der Waals surface area (Å²) >= 11 is 0. The summed E-state index contributed by atoms with van der Waals surface area (Å²) in [7, 11) is 0. The number of carbonyl (C=O) groups excluding carboxylic acids is 2. The molecule has 0 aliphatic heterocycles. The van der Waals surface area contributed by atoms with Crippen LogP contribution in [-0.2, 0) is 14.3 Å². The second kappa shape index (κ2) is 6.40. The van der Waals surface area contributed by atoms with Gasteiger partial charge in [-0.25, -0.2) is 0 Å². The fourth-order valence-electron chi connectivity index (χ4n) is 1.98. The Balaban J connectivity index is 2.38. The number of hydrogen-bond donors (Lipinski definition) is 0. The SMILES string of the molecule is CC(C)CN(C(=O)CCC(=O)OC(C)(C)C)C1CC1. The maximum absolute atomic E-state index is 12.1. The topological polar surface area (TPSA) is 46.6 Å². The molecule has 4 nitrogen and oxygen atoms in total. The molecule has 1 amide bonds. The molecule has 1 fully saturated rings. The summed E-state index contributed by atoms with van der Waals surface area (Å²) in [6.07, 6.45) is 2.64. The van der Waals surface area contributed by atoms with E-state index >= 15 is 0 Å². The molecule has 4 heteroatoms. The van der Waals surface area contributed by atoms with Gasteiger partial charge in [-0.1, -0.05) is 13.8 Å². The highest BCUT2D eigenvalue weighted by Gasteiger charge is 2.32. The number of hydrogen-bond acceptors (Lipinski definition) is 3. The van der Waals surface area contributed by atoms with E-state index in [1.807, 2.05) is 25.7 Å². The fraction of sp³-hybridized carbons (Fsp3) is 0.867. The molecule has 1 aliphatic rings. The molecule has 0 heterocycles. The molecule has 110 valence electrons. The van der Waals surface area contributed by atoms with Crippen LogP contribution in [0.4, 0.5) is 0 Å². The van der Waals surface area contributed by atoms with Gasteiger partial charge in [-0.2, -0.15) is 0 Å². The number of nitrogens with zero attached hydrogens (tertiary/aromatic N) is 1. The normalized spacial score (nSPS) is 15.5. The van der Waals surface area contributed by atoms with Crippen LogP contribution in [0.2, 0.25) is 0 Å². The van der Waals surface area contributed by atoms with Crippen molar-refractivity contribution in [2.24, 2.45) is 5.92 Å². The molecule has 1 aliphatic carbocycles. The molecule has 1 saturated carbocycles. The Morgan fingerprint density at radius 2 is 1.79 bits per heavy atom. The zero-order chi connectivity index (χ0) is 14.6. The molecular formula is C15H27NO3. The lowest BCUT2D eigenvalue weighted by Crippen LogP contribution is -2.36. The lowest BCUT2D eigenvalue weighted by atomic mass is 10.1. The molecule has 19 heavy (non-hydrogen) atoms. The third-order valence-electron chi connectivity index (χ3n) is 2.83. The van der Waals surface area contributed by atoms with E-state index < -0.39 is 5.60 Å². The molecule has 0 bridgehead atoms. The zero-order valence-corrected chi connectivity index (χ0v) is 12.9. The average molecular weight is 269 g/mol. The van der Waals surface area contributed by atoms with Crippen LogP contribution in [-0.4, -0.2) is 35.0 Å². The van der Waals surface area contributed by atoms with E-state index in [9.17, 15) is 9.59 Å². The van der Waals surface area contributed by atoms with Gasteiger partial charge in [-0.15, -0.1) is 0 Å². The van der Waals surface area contributed by atoms with Crippen LogP contribution in [0.15, 0.2) is 0 Å². The first kappa shape index (κ1) is 16.0. The monoisotopic (exact) mass is 269 g/mol. The average Bonchev–Trinajstić information content (AvgIpc) is 3.03. The number of carbonyl (C=O) groups is 2. The summed E-state index contributed by atoms with van der Waals surface area (Å²) in [6, 6.07) is 0.411. The lowest BCUT2D eigenvalue weighted by Gasteiger charge is -2.25. The van der Waals surface area contributed by atoms with E-state index in [0.717, 1.165) is 19.4 Å². The zero-order valence-electron chi connectivity index (χ0n) is 12.9. The minimum atomic E-state index is -0.478. The third kappa shape index (κ3) is 6.60. The highest BCUT2D eigenvalue weighted by Crippen LogP contribution is 2.28. The molecule has 0 aromatic rings. The molecule has 0 unspecified atom stereocenters. The third-order valence-corrected chi connectivity index (χ3v) is 2.83. The second-order valence-corrected chi connectivity index (χ2v) is 6.76. The van der Waals surface area contributed by atoms with Gasteiger partial charge in [-0.05, 0) is 39.5 Å². The summed E-state index contributed by atoms with van der Waals surface area (Å²) in [5, 5.41) is 0. The number of rotatable bonds is 6. The van der Waals surface area contributed by atoms with Crippen molar-refractivity contribution in [1.82, 2.24) is 4.90 Å². The van der Waals surface area contributed by atoms with Gasteiger partial charge in [0.25, 0.3) is 0 Å². The summed E-state index contributed by atoms with van der Waals surface area (Å²) in [6.45, 7) is 10.5. The van der Waals surface area contributed by atoms with E-state index in [0.29, 0.717) is 12.0 Å². The predicted molar refractivity (Wildman–Crippen MR) is 74.7 cm³/mol. The Hall–Kier alpha value is -1.06. The molecule has 0 aromatic carbocycles. The van der Waals surface area contributed by atoms with Crippen LogP contribution >= 0.6 is 0 Å². The molecular weight excluding hydrogens is 242 g/mol. The number of esters is 1. The summed E-state index contributed by atoms with van der Waals surface area (Å²) in [4.78, 5) is 25.7. The van der Waals surface area contributed by atoms with Crippen LogP contribution in [0, 0.1) is 5.92 Å². The van der Waals surface area contributed by atoms with Gasteiger partial charge in [0.15, 0.2) is 0 Å². The Morgan fingerprint density at radius 3 is 2.21 bits per heavy atom. The fourth-order valence-corrected chi connectivity index (χ4v) is 1.98. The first-order valence-corrected chi connectivity index (χ1v) is 7.20. The molecule has 0 radical (unpaired) electrons. The largest absolute Gasteiger partial charge is 0.460 e. The van der Waals surface area contributed by atoms with Gasteiger partial charge in [0, 0.05) is 19.0 Å². The Bertz CT molecular complexity index is 327. The summed E-state index contributed by atoms with van der Waals surface area (Å²) < 4.78 is 5.22. The van der Waals surface area contributed by atoms with Crippen LogP contribution in [0.3, 0.4) is 0 Å². The van der Waals surface area contributed by atoms with Crippen molar-refractivity contribution in [3.63, 3.8) is 0 Å². The minimum absolute atomic E-state index is 0.0852. The maximum atomic E-state index is 12.1. The van der Waals surface area contributed by atoms with Gasteiger partial charge < -0.3 is 9.64 Å². The van der Waals surface area contributed by atoms with Gasteiger partial charge in [0.1, 0.15) is 5.60 Å². The molecule has 0 N–H and O–H groups in total. The van der Waals surface area contributed by atoms with Crippen molar-refractivity contribution in [3.8, 4) is 0 Å². The lowest BCUT2D eigenvalue weighted by molar-refractivity contribution is -0.156. The van der Waals surface area contributed by atoms with Crippen molar-refractivity contribution >= 4 is 11.9 Å². The number of ether oxygens (including phenoxy) is 1. The van der Waals surface area contributed by atoms with Crippen molar-refractivity contribution in [2.75, 3.05) is 6.54 Å². The Morgan fingerprint density at radius 1 is 1.21 bits per heavy atom. The first-order valence-electron chi connectivity index (χ1n) is 7.20. The maximum Gasteiger partial charge on any atom is 0.306 e. The van der Waals surface area contributed by atoms with Gasteiger partial charge >= 0.3 is 5.97 Å². The Kier molecular flexibility index (Phi) is 5.39. The molecule has 0 saturated heterocycles. The van der Waals surface area contributed by atoms with E-state index in [-0.39, 0.29) is 24.7 Å². The van der Waals surface area contributed by atoms with Gasteiger partial charge in [0.05, 0.1) is 6.42 Å². The highest BCUT2D eigenvalue weighted by molar-refractivity contribution is 5.82. The predicted octanol–water partition coefficient (Wildman–Crippen LogP) is 2.76. The van der Waals surface area contributed by atoms with E-state index in [1.54, 1.807) is 0 Å². The second-order valence-electron chi connectivity index (χ2n) is 6.76. The van der Waals surface area contributed by atoms with Crippen LogP contribution in [0.25, 0.3) is 0 Å². The number of amides is 1. The van der Waals surface area contributed by atoms with Crippen LogP contribution in [0.5, 0.6) is 0 Å². The van der Waals surface area contributed by atoms with Crippen molar-refractivity contribution in [1.29, 1.82) is 0 Å². The molecule has 0 spiro atoms. The summed E-state index contributed by atoms with van der Waals surface area (Å²) in [5.74, 6) is 0.259. The van der Waals surface area contributed by atoms with Gasteiger partial charge in [0.2, 0.25) is 5.91 Å². The molecule has 1 rings (SSSR count). The first-order chi connectivity index (χ1) is 8.69. The standard InChI is InChI=1S/C15H27NO3/c1-11(2)10-16(12-6-7-12)13(17)8-9-14(18)19-15(3,4)5/h11-12H,6-10H2,1-5H3. The van der Waals surface area contributed by atoms with E-state index in [1.165, 1.54) is 0 Å². The van der Waals surface area contributed by atoms with E-state index in [4.69, 9.17) is 4.74 Å². The molecule has 0 aromatic heterocycles. The Labute approximate surface area is 116 Å². The van der Waals surface area contributed by atoms with Crippen LogP contribution < -0.4 is 0 Å². The van der Waals surface area contributed by atoms with Gasteiger partial charge in [-0.3, -0.25) is 9.59 Å². The summed E-state index contributed by atoms with van der Waals surface area (Å²) in [5.41, 5.74) is -0.478. The van der Waals surface area contributed by atoms with Crippen molar-refractivity contribution in [2.45, 2.75) is 71.9 Å². The molecule has 0 atom stereocenters. The quantitative estimate of drug-likeness (QED) is 0.697. The van der Waals surface area contributed by atoms with E-state index in [2.05, 4.69) is 13.8 Å².